The zero-order valence-corrected chi connectivity index (χ0v) is 16.0. The molecule has 10 heteroatoms. The van der Waals surface area contributed by atoms with Crippen molar-refractivity contribution >= 4 is 34.8 Å². The summed E-state index contributed by atoms with van der Waals surface area (Å²) in [4.78, 5) is 20.1. The molecule has 6 nitrogen and oxygen atoms in total. The number of Topliss-reactive ketones (excluding diaryl/α,β-unsaturated/α-hetero) is 1. The highest BCUT2D eigenvalue weighted by Gasteiger charge is 2.20. The van der Waals surface area contributed by atoms with Gasteiger partial charge in [-0.15, -0.1) is 0 Å². The molecule has 146 valence electrons. The molecular weight excluding hydrogens is 403 g/mol. The molecule has 2 aromatic rings. The van der Waals surface area contributed by atoms with Crippen molar-refractivity contribution in [3.05, 3.63) is 45.2 Å². The zero-order valence-electron chi connectivity index (χ0n) is 14.5. The molecule has 0 spiro atoms. The van der Waals surface area contributed by atoms with Crippen molar-refractivity contribution in [1.29, 1.82) is 0 Å². The number of carbonyl (C=O) groups is 1. The molecule has 2 heterocycles. The first-order valence-electron chi connectivity index (χ1n) is 7.79. The molecule has 0 radical (unpaired) electrons. The predicted molar refractivity (Wildman–Crippen MR) is 97.4 cm³/mol. The number of nitrogens with zero attached hydrogens (tertiary/aromatic N) is 2. The Morgan fingerprint density at radius 2 is 1.96 bits per heavy atom. The fourth-order valence-corrected chi connectivity index (χ4v) is 3.04. The SMILES string of the molecule is CO[C@H](C)c1c(CC(=O)Cc2cnc(OC(F)F)c(Cl)c2)cnc(N)c1Cl. The predicted octanol–water partition coefficient (Wildman–Crippen LogP) is 4.03. The normalized spacial score (nSPS) is 12.3. The van der Waals surface area contributed by atoms with Gasteiger partial charge in [0.15, 0.2) is 0 Å². The first-order chi connectivity index (χ1) is 12.7. The second-order valence-corrected chi connectivity index (χ2v) is 6.46. The third-order valence-corrected chi connectivity index (χ3v) is 4.45. The lowest BCUT2D eigenvalue weighted by molar-refractivity contribution is -0.117. The molecule has 0 aliphatic heterocycles. The van der Waals surface area contributed by atoms with Crippen LogP contribution in [-0.2, 0) is 22.4 Å². The molecule has 1 atom stereocenters. The van der Waals surface area contributed by atoms with Crippen LogP contribution < -0.4 is 10.5 Å². The Labute approximate surface area is 164 Å². The maximum Gasteiger partial charge on any atom is 0.388 e. The van der Waals surface area contributed by atoms with Crippen LogP contribution in [0.4, 0.5) is 14.6 Å². The molecule has 2 N–H and O–H groups in total. The van der Waals surface area contributed by atoms with E-state index in [1.54, 1.807) is 6.92 Å². The lowest BCUT2D eigenvalue weighted by Crippen LogP contribution is -2.13. The highest BCUT2D eigenvalue weighted by atomic mass is 35.5. The van der Waals surface area contributed by atoms with Gasteiger partial charge in [0.05, 0.1) is 11.1 Å². The van der Waals surface area contributed by atoms with E-state index < -0.39 is 12.5 Å². The Balaban J connectivity index is 2.17. The first kappa shape index (κ1) is 21.3. The second kappa shape index (κ2) is 9.25. The molecule has 0 aliphatic rings. The lowest BCUT2D eigenvalue weighted by atomic mass is 9.98. The quantitative estimate of drug-likeness (QED) is 0.694. The van der Waals surface area contributed by atoms with Crippen molar-refractivity contribution in [2.24, 2.45) is 0 Å². The van der Waals surface area contributed by atoms with Gasteiger partial charge in [0.1, 0.15) is 16.6 Å². The minimum absolute atomic E-state index is 0.00945. The fourth-order valence-electron chi connectivity index (χ4n) is 2.49. The standard InChI is InChI=1S/C17H17Cl2F2N3O3/c1-8(26-2)13-10(7-23-15(22)14(13)19)5-11(25)3-9-4-12(18)16(24-6-9)27-17(20)21/h4,6-8,17H,3,5H2,1-2H3,(H2,22,23)/t8-/m1/s1. The summed E-state index contributed by atoms with van der Waals surface area (Å²) < 4.78 is 33.9. The topological polar surface area (TPSA) is 87.3 Å². The molecule has 0 fully saturated rings. The molecule has 2 rings (SSSR count). The Morgan fingerprint density at radius 3 is 2.56 bits per heavy atom. The zero-order chi connectivity index (χ0) is 20.1. The van der Waals surface area contributed by atoms with Gasteiger partial charge in [-0.25, -0.2) is 9.97 Å². The van der Waals surface area contributed by atoms with Crippen LogP contribution in [0.1, 0.15) is 29.7 Å². The molecule has 0 bridgehead atoms. The Kier molecular flexibility index (Phi) is 7.29. The van der Waals surface area contributed by atoms with Crippen molar-refractivity contribution in [1.82, 2.24) is 9.97 Å². The van der Waals surface area contributed by atoms with Crippen LogP contribution in [0.3, 0.4) is 0 Å². The van der Waals surface area contributed by atoms with E-state index in [0.717, 1.165) is 0 Å². The monoisotopic (exact) mass is 419 g/mol. The van der Waals surface area contributed by atoms with Crippen molar-refractivity contribution < 1.29 is 23.0 Å². The van der Waals surface area contributed by atoms with Crippen molar-refractivity contribution in [3.8, 4) is 5.88 Å². The van der Waals surface area contributed by atoms with Crippen LogP contribution in [0.5, 0.6) is 5.88 Å². The summed E-state index contributed by atoms with van der Waals surface area (Å²) in [5.41, 5.74) is 7.37. The van der Waals surface area contributed by atoms with Crippen LogP contribution in [0.25, 0.3) is 0 Å². The van der Waals surface area contributed by atoms with Crippen LogP contribution in [0.15, 0.2) is 18.5 Å². The van der Waals surface area contributed by atoms with Crippen molar-refractivity contribution in [2.45, 2.75) is 32.5 Å². The molecule has 27 heavy (non-hydrogen) atoms. The number of nitrogens with two attached hydrogens (primary N) is 1. The summed E-state index contributed by atoms with van der Waals surface area (Å²) in [7, 11) is 1.51. The van der Waals surface area contributed by atoms with Crippen LogP contribution in [0, 0.1) is 0 Å². The number of halogens is 4. The summed E-state index contributed by atoms with van der Waals surface area (Å²) in [6, 6.07) is 1.36. The van der Waals surface area contributed by atoms with E-state index in [4.69, 9.17) is 33.7 Å². The van der Waals surface area contributed by atoms with E-state index in [0.29, 0.717) is 16.7 Å². The van der Waals surface area contributed by atoms with E-state index in [-0.39, 0.29) is 40.6 Å². The van der Waals surface area contributed by atoms with E-state index in [1.807, 2.05) is 0 Å². The maximum atomic E-state index is 12.5. The summed E-state index contributed by atoms with van der Waals surface area (Å²) in [6.45, 7) is -1.26. The summed E-state index contributed by atoms with van der Waals surface area (Å²) in [5, 5.41) is 0.138. The van der Waals surface area contributed by atoms with Gasteiger partial charge in [0.25, 0.3) is 0 Å². The van der Waals surface area contributed by atoms with Gasteiger partial charge in [-0.2, -0.15) is 8.78 Å². The number of nitrogen functional groups attached to an aromatic ring is 1. The maximum absolute atomic E-state index is 12.5. The number of rotatable bonds is 8. The molecule has 2 aromatic heterocycles. The van der Waals surface area contributed by atoms with Gasteiger partial charge in [0, 0.05) is 37.9 Å². The Hall–Kier alpha value is -2.03. The molecular formula is C17H17Cl2F2N3O3. The van der Waals surface area contributed by atoms with Gasteiger partial charge >= 0.3 is 6.61 Å². The van der Waals surface area contributed by atoms with Gasteiger partial charge in [-0.3, -0.25) is 4.79 Å². The minimum atomic E-state index is -3.04. The average molecular weight is 420 g/mol. The molecule has 0 saturated carbocycles. The largest absolute Gasteiger partial charge is 0.415 e. The van der Waals surface area contributed by atoms with Crippen molar-refractivity contribution in [3.63, 3.8) is 0 Å². The second-order valence-electron chi connectivity index (χ2n) is 5.68. The van der Waals surface area contributed by atoms with E-state index in [2.05, 4.69) is 14.7 Å². The van der Waals surface area contributed by atoms with Crippen molar-refractivity contribution in [2.75, 3.05) is 12.8 Å². The summed E-state index contributed by atoms with van der Waals surface area (Å²) in [5.74, 6) is -0.423. The number of alkyl halides is 2. The number of ketones is 1. The molecule has 0 aliphatic carbocycles. The first-order valence-corrected chi connectivity index (χ1v) is 8.55. The van der Waals surface area contributed by atoms with E-state index in [1.165, 1.54) is 25.6 Å². The van der Waals surface area contributed by atoms with E-state index in [9.17, 15) is 13.6 Å². The van der Waals surface area contributed by atoms with E-state index >= 15 is 0 Å². The van der Waals surface area contributed by atoms with Crippen LogP contribution in [-0.4, -0.2) is 29.5 Å². The van der Waals surface area contributed by atoms with Gasteiger partial charge in [-0.05, 0) is 24.1 Å². The number of anilines is 1. The van der Waals surface area contributed by atoms with Crippen LogP contribution in [0.2, 0.25) is 10.0 Å². The Morgan fingerprint density at radius 1 is 1.26 bits per heavy atom. The lowest BCUT2D eigenvalue weighted by Gasteiger charge is -2.17. The summed E-state index contributed by atoms with van der Waals surface area (Å²) >= 11 is 12.1. The van der Waals surface area contributed by atoms with Gasteiger partial charge in [0.2, 0.25) is 5.88 Å². The van der Waals surface area contributed by atoms with Gasteiger partial charge in [-0.1, -0.05) is 23.2 Å². The number of pyridine rings is 2. The summed E-state index contributed by atoms with van der Waals surface area (Å²) in [6.07, 6.45) is 2.38. The Bertz CT molecular complexity index is 837. The molecule has 0 aromatic carbocycles. The number of aromatic nitrogens is 2. The third-order valence-electron chi connectivity index (χ3n) is 3.78. The smallest absolute Gasteiger partial charge is 0.388 e. The average Bonchev–Trinajstić information content (AvgIpc) is 2.60. The molecule has 0 amide bonds. The number of ether oxygens (including phenoxy) is 2. The highest BCUT2D eigenvalue weighted by Crippen LogP contribution is 2.32. The van der Waals surface area contributed by atoms with Crippen LogP contribution >= 0.6 is 23.2 Å². The molecule has 0 saturated heterocycles. The fraction of sp³-hybridized carbons (Fsp3) is 0.353. The number of hydrogen-bond donors (Lipinski definition) is 1. The number of carbonyl (C=O) groups excluding carboxylic acids is 1. The van der Waals surface area contributed by atoms with Gasteiger partial charge < -0.3 is 15.2 Å². The number of hydrogen-bond acceptors (Lipinski definition) is 6. The molecule has 0 unspecified atom stereocenters. The highest BCUT2D eigenvalue weighted by molar-refractivity contribution is 6.33. The minimum Gasteiger partial charge on any atom is -0.415 e. The number of methoxy groups -OCH3 is 1. The third kappa shape index (κ3) is 5.47.